The Balaban J connectivity index is 0.000000673. The second-order valence-electron chi connectivity index (χ2n) is 10.5. The van der Waals surface area contributed by atoms with Crippen LogP contribution >= 0.6 is 0 Å². The normalized spacial score (nSPS) is 12.5. The minimum absolute atomic E-state index is 0.0533. The molecule has 39 heavy (non-hydrogen) atoms. The van der Waals surface area contributed by atoms with Crippen LogP contribution in [-0.4, -0.2) is 44.6 Å². The van der Waals surface area contributed by atoms with Crippen molar-refractivity contribution in [2.75, 3.05) is 4.90 Å². The molecule has 3 aromatic rings. The molecule has 0 aliphatic heterocycles. The number of halogens is 3. The average molecular weight is 549 g/mol. The summed E-state index contributed by atoms with van der Waals surface area (Å²) in [5.41, 5.74) is 1.46. The number of benzene rings is 1. The van der Waals surface area contributed by atoms with Gasteiger partial charge in [0.2, 0.25) is 5.91 Å². The highest BCUT2D eigenvalue weighted by Gasteiger charge is 2.38. The average Bonchev–Trinajstić information content (AvgIpc) is 3.36. The maximum absolute atomic E-state index is 13.6. The number of carbonyl (C=O) groups excluding carboxylic acids is 2. The zero-order valence-corrected chi connectivity index (χ0v) is 22.4. The molecule has 0 fully saturated rings. The van der Waals surface area contributed by atoms with Gasteiger partial charge in [0, 0.05) is 23.6 Å². The first-order chi connectivity index (χ1) is 17.9. The van der Waals surface area contributed by atoms with Crippen molar-refractivity contribution in [1.29, 1.82) is 0 Å². The number of hydrogen-bond donors (Lipinski definition) is 2. The van der Waals surface area contributed by atoms with Crippen molar-refractivity contribution in [3.63, 3.8) is 0 Å². The van der Waals surface area contributed by atoms with Gasteiger partial charge in [-0.05, 0) is 56.0 Å². The van der Waals surface area contributed by atoms with Crippen LogP contribution in [0.3, 0.4) is 0 Å². The van der Waals surface area contributed by atoms with E-state index in [1.165, 1.54) is 29.8 Å². The van der Waals surface area contributed by atoms with Crippen molar-refractivity contribution in [3.8, 4) is 0 Å². The first-order valence-electron chi connectivity index (χ1n) is 11.8. The summed E-state index contributed by atoms with van der Waals surface area (Å²) in [5.74, 6) is -3.44. The number of aromatic nitrogens is 2. The standard InChI is InChI=1S/C25H30N4O3.C2HF3O2/c1-24(2,3)17-9-11-18(12-10-17)29(23(31)20-8-7-15-32-20)21(19-16-26-13-14-27-19)22(30)28-25(4,5)6;3-2(4,5)1(6)7/h7-16,21H,1-6H3,(H,28,30);(H,6,7). The maximum Gasteiger partial charge on any atom is 0.490 e. The summed E-state index contributed by atoms with van der Waals surface area (Å²) in [6.45, 7) is 12.0. The molecule has 0 aliphatic carbocycles. The van der Waals surface area contributed by atoms with E-state index in [2.05, 4.69) is 36.1 Å². The van der Waals surface area contributed by atoms with Crippen molar-refractivity contribution in [2.45, 2.75) is 64.7 Å². The Bertz CT molecular complexity index is 1250. The molecule has 9 nitrogen and oxygen atoms in total. The number of carboxylic acid groups (broad SMARTS) is 1. The quantitative estimate of drug-likeness (QED) is 0.443. The summed E-state index contributed by atoms with van der Waals surface area (Å²) in [7, 11) is 0. The number of nitrogens with zero attached hydrogens (tertiary/aromatic N) is 3. The number of furan rings is 1. The number of carboxylic acids is 1. The second-order valence-corrected chi connectivity index (χ2v) is 10.5. The van der Waals surface area contributed by atoms with Crippen LogP contribution in [0.4, 0.5) is 18.9 Å². The lowest BCUT2D eigenvalue weighted by atomic mass is 9.87. The van der Waals surface area contributed by atoms with Crippen molar-refractivity contribution in [3.05, 3.63) is 78.3 Å². The molecule has 2 heterocycles. The molecule has 2 amide bonds. The summed E-state index contributed by atoms with van der Waals surface area (Å²) in [4.78, 5) is 45.8. The number of aliphatic carboxylic acids is 1. The van der Waals surface area contributed by atoms with Crippen LogP contribution in [0.15, 0.2) is 65.7 Å². The lowest BCUT2D eigenvalue weighted by Crippen LogP contribution is -2.49. The van der Waals surface area contributed by atoms with E-state index < -0.39 is 29.6 Å². The molecule has 210 valence electrons. The largest absolute Gasteiger partial charge is 0.490 e. The number of nitrogens with one attached hydrogen (secondary N) is 1. The molecule has 1 atom stereocenters. The fourth-order valence-electron chi connectivity index (χ4n) is 3.30. The highest BCUT2D eigenvalue weighted by atomic mass is 19.4. The summed E-state index contributed by atoms with van der Waals surface area (Å²) in [6, 6.07) is 9.79. The first kappa shape index (κ1) is 31.0. The number of alkyl halides is 3. The van der Waals surface area contributed by atoms with Crippen LogP contribution in [0.1, 0.15) is 69.4 Å². The molecule has 1 aromatic carbocycles. The number of amides is 2. The number of rotatable bonds is 5. The van der Waals surface area contributed by atoms with Gasteiger partial charge in [0.05, 0.1) is 18.2 Å². The number of anilines is 1. The monoisotopic (exact) mass is 548 g/mol. The van der Waals surface area contributed by atoms with E-state index >= 15 is 0 Å². The van der Waals surface area contributed by atoms with Crippen LogP contribution < -0.4 is 10.2 Å². The molecule has 0 radical (unpaired) electrons. The van der Waals surface area contributed by atoms with Gasteiger partial charge in [-0.2, -0.15) is 13.2 Å². The summed E-state index contributed by atoms with van der Waals surface area (Å²) < 4.78 is 37.1. The van der Waals surface area contributed by atoms with E-state index in [9.17, 15) is 22.8 Å². The van der Waals surface area contributed by atoms with Gasteiger partial charge in [-0.25, -0.2) is 4.79 Å². The zero-order valence-electron chi connectivity index (χ0n) is 22.4. The van der Waals surface area contributed by atoms with Gasteiger partial charge < -0.3 is 14.8 Å². The van der Waals surface area contributed by atoms with Crippen molar-refractivity contribution >= 4 is 23.5 Å². The van der Waals surface area contributed by atoms with Crippen LogP contribution in [0.25, 0.3) is 0 Å². The van der Waals surface area contributed by atoms with Crippen LogP contribution in [-0.2, 0) is 15.0 Å². The minimum atomic E-state index is -5.08. The lowest BCUT2D eigenvalue weighted by Gasteiger charge is -2.33. The summed E-state index contributed by atoms with van der Waals surface area (Å²) in [6.07, 6.45) is 0.878. The summed E-state index contributed by atoms with van der Waals surface area (Å²) >= 11 is 0. The second kappa shape index (κ2) is 12.1. The van der Waals surface area contributed by atoms with E-state index in [0.29, 0.717) is 11.4 Å². The topological polar surface area (TPSA) is 126 Å². The Labute approximate surface area is 224 Å². The first-order valence-corrected chi connectivity index (χ1v) is 11.8. The minimum Gasteiger partial charge on any atom is -0.475 e. The molecule has 2 aromatic heterocycles. The smallest absolute Gasteiger partial charge is 0.475 e. The molecule has 12 heteroatoms. The van der Waals surface area contributed by atoms with Crippen molar-refractivity contribution in [1.82, 2.24) is 15.3 Å². The maximum atomic E-state index is 13.6. The highest BCUT2D eigenvalue weighted by Crippen LogP contribution is 2.31. The number of carbonyl (C=O) groups is 3. The third-order valence-electron chi connectivity index (χ3n) is 5.07. The van der Waals surface area contributed by atoms with Gasteiger partial charge in [-0.1, -0.05) is 32.9 Å². The van der Waals surface area contributed by atoms with E-state index in [4.69, 9.17) is 14.3 Å². The molecule has 0 aliphatic rings. The third kappa shape index (κ3) is 8.94. The molecule has 2 N–H and O–H groups in total. The molecule has 1 unspecified atom stereocenters. The SMILES string of the molecule is CC(C)(C)NC(=O)C(c1cnccn1)N(C(=O)c1ccco1)c1ccc(C(C)(C)C)cc1.O=C(O)C(F)(F)F. The van der Waals surface area contributed by atoms with E-state index in [-0.39, 0.29) is 17.1 Å². The van der Waals surface area contributed by atoms with Gasteiger partial charge in [-0.15, -0.1) is 0 Å². The van der Waals surface area contributed by atoms with Crippen LogP contribution in [0, 0.1) is 0 Å². The van der Waals surface area contributed by atoms with Gasteiger partial charge in [0.25, 0.3) is 5.91 Å². The molecule has 0 bridgehead atoms. The third-order valence-corrected chi connectivity index (χ3v) is 5.07. The molecule has 0 saturated heterocycles. The molecule has 0 saturated carbocycles. The van der Waals surface area contributed by atoms with E-state index in [1.54, 1.807) is 12.1 Å². The Kier molecular flexibility index (Phi) is 9.61. The van der Waals surface area contributed by atoms with Crippen LogP contribution in [0.2, 0.25) is 0 Å². The van der Waals surface area contributed by atoms with E-state index in [1.807, 2.05) is 45.0 Å². The van der Waals surface area contributed by atoms with E-state index in [0.717, 1.165) is 5.56 Å². The predicted molar refractivity (Wildman–Crippen MR) is 137 cm³/mol. The molecular formula is C27H31F3N4O5. The van der Waals surface area contributed by atoms with Gasteiger partial charge in [0.15, 0.2) is 11.8 Å². The fraction of sp³-hybridized carbons (Fsp3) is 0.370. The lowest BCUT2D eigenvalue weighted by molar-refractivity contribution is -0.192. The Morgan fingerprint density at radius 3 is 1.97 bits per heavy atom. The van der Waals surface area contributed by atoms with Crippen LogP contribution in [0.5, 0.6) is 0 Å². The molecular weight excluding hydrogens is 517 g/mol. The van der Waals surface area contributed by atoms with Gasteiger partial charge in [-0.3, -0.25) is 24.5 Å². The predicted octanol–water partition coefficient (Wildman–Crippen LogP) is 5.30. The van der Waals surface area contributed by atoms with Gasteiger partial charge in [0.1, 0.15) is 0 Å². The number of hydrogen-bond acceptors (Lipinski definition) is 6. The molecule has 0 spiro atoms. The Morgan fingerprint density at radius 2 is 1.56 bits per heavy atom. The Morgan fingerprint density at radius 1 is 0.974 bits per heavy atom. The molecule has 3 rings (SSSR count). The zero-order chi connectivity index (χ0) is 29.6. The van der Waals surface area contributed by atoms with Crippen molar-refractivity contribution < 1.29 is 37.1 Å². The fourth-order valence-corrected chi connectivity index (χ4v) is 3.30. The van der Waals surface area contributed by atoms with Gasteiger partial charge >= 0.3 is 12.1 Å². The van der Waals surface area contributed by atoms with Crippen molar-refractivity contribution in [2.24, 2.45) is 0 Å². The highest BCUT2D eigenvalue weighted by molar-refractivity contribution is 6.08. The Hall–Kier alpha value is -4.22. The summed E-state index contributed by atoms with van der Waals surface area (Å²) in [5, 5.41) is 10.1.